The Morgan fingerprint density at radius 1 is 0.875 bits per heavy atom. The van der Waals surface area contributed by atoms with Crippen molar-refractivity contribution in [2.75, 3.05) is 5.32 Å². The van der Waals surface area contributed by atoms with Crippen LogP contribution in [0.5, 0.6) is 0 Å². The number of nitrogens with one attached hydrogen (secondary N) is 1. The molecular weight excluding hydrogens is 400 g/mol. The van der Waals surface area contributed by atoms with Crippen LogP contribution in [0.4, 0.5) is 5.69 Å². The van der Waals surface area contributed by atoms with Crippen molar-refractivity contribution in [3.63, 3.8) is 0 Å². The molecule has 7 nitrogen and oxygen atoms in total. The zero-order valence-electron chi connectivity index (χ0n) is 17.2. The minimum absolute atomic E-state index is 0.211. The smallest absolute Gasteiger partial charge is 0.259 e. The number of rotatable bonds is 6. The van der Waals surface area contributed by atoms with Crippen molar-refractivity contribution in [2.24, 2.45) is 0 Å². The van der Waals surface area contributed by atoms with E-state index in [0.29, 0.717) is 23.5 Å². The fourth-order valence-corrected chi connectivity index (χ4v) is 3.49. The molecular formula is C25H20N6O. The molecule has 0 atom stereocenters. The van der Waals surface area contributed by atoms with Gasteiger partial charge in [-0.1, -0.05) is 60.7 Å². The van der Waals surface area contributed by atoms with Crippen LogP contribution in [0, 0.1) is 0 Å². The van der Waals surface area contributed by atoms with Crippen molar-refractivity contribution in [2.45, 2.75) is 6.54 Å². The molecule has 3 aromatic carbocycles. The van der Waals surface area contributed by atoms with Gasteiger partial charge in [-0.05, 0) is 29.8 Å². The molecule has 0 radical (unpaired) electrons. The Morgan fingerprint density at radius 2 is 1.59 bits per heavy atom. The maximum Gasteiger partial charge on any atom is 0.259 e. The molecule has 0 saturated heterocycles. The molecule has 0 saturated carbocycles. The van der Waals surface area contributed by atoms with Crippen LogP contribution in [0.3, 0.4) is 0 Å². The normalized spacial score (nSPS) is 10.8. The molecule has 0 spiro atoms. The lowest BCUT2D eigenvalue weighted by atomic mass is 10.1. The second-order valence-electron chi connectivity index (χ2n) is 7.28. The SMILES string of the molecule is O=C(Nc1ccc(-n2cncn2)cc1)c1cn(Cc2ccccc2)nc1-c1ccccc1. The van der Waals surface area contributed by atoms with Gasteiger partial charge in [0, 0.05) is 17.4 Å². The number of carbonyl (C=O) groups is 1. The van der Waals surface area contributed by atoms with Gasteiger partial charge in [0.2, 0.25) is 0 Å². The van der Waals surface area contributed by atoms with Gasteiger partial charge in [-0.3, -0.25) is 9.48 Å². The van der Waals surface area contributed by atoms with Gasteiger partial charge in [0.1, 0.15) is 18.3 Å². The van der Waals surface area contributed by atoms with E-state index in [-0.39, 0.29) is 5.91 Å². The van der Waals surface area contributed by atoms with Crippen LogP contribution in [0.2, 0.25) is 0 Å². The van der Waals surface area contributed by atoms with E-state index in [1.165, 1.54) is 6.33 Å². The standard InChI is InChI=1S/C25H20N6O/c32-25(28-21-11-13-22(14-12-21)31-18-26-17-27-31)23-16-30(15-19-7-3-1-4-8-19)29-24(23)20-9-5-2-6-10-20/h1-14,16-18H,15H2,(H,28,32). The maximum atomic E-state index is 13.2. The summed E-state index contributed by atoms with van der Waals surface area (Å²) in [4.78, 5) is 17.1. The Bertz CT molecular complexity index is 1310. The fraction of sp³-hybridized carbons (Fsp3) is 0.0400. The molecule has 5 aromatic rings. The number of nitrogens with zero attached hydrogens (tertiary/aromatic N) is 5. The highest BCUT2D eigenvalue weighted by Crippen LogP contribution is 2.24. The van der Waals surface area contributed by atoms with Crippen LogP contribution >= 0.6 is 0 Å². The molecule has 7 heteroatoms. The Morgan fingerprint density at radius 3 is 2.28 bits per heavy atom. The van der Waals surface area contributed by atoms with Gasteiger partial charge in [0.25, 0.3) is 5.91 Å². The Labute approximate surface area is 185 Å². The van der Waals surface area contributed by atoms with Crippen molar-refractivity contribution < 1.29 is 4.79 Å². The van der Waals surface area contributed by atoms with Gasteiger partial charge in [-0.25, -0.2) is 9.67 Å². The van der Waals surface area contributed by atoms with Crippen LogP contribution in [0.15, 0.2) is 104 Å². The zero-order chi connectivity index (χ0) is 21.8. The van der Waals surface area contributed by atoms with Crippen LogP contribution < -0.4 is 5.32 Å². The molecule has 32 heavy (non-hydrogen) atoms. The summed E-state index contributed by atoms with van der Waals surface area (Å²) < 4.78 is 3.47. The van der Waals surface area contributed by atoms with Crippen molar-refractivity contribution in [3.8, 4) is 16.9 Å². The van der Waals surface area contributed by atoms with E-state index in [2.05, 4.69) is 15.4 Å². The third-order valence-corrected chi connectivity index (χ3v) is 5.05. The van der Waals surface area contributed by atoms with Crippen LogP contribution in [-0.4, -0.2) is 30.5 Å². The van der Waals surface area contributed by atoms with E-state index in [4.69, 9.17) is 5.10 Å². The second kappa shape index (κ2) is 8.69. The predicted octanol–water partition coefficient (Wildman–Crippen LogP) is 4.43. The number of hydrogen-bond acceptors (Lipinski definition) is 4. The second-order valence-corrected chi connectivity index (χ2v) is 7.28. The summed E-state index contributed by atoms with van der Waals surface area (Å²) in [6.45, 7) is 0.584. The summed E-state index contributed by atoms with van der Waals surface area (Å²) in [6, 6.07) is 27.2. The first-order valence-corrected chi connectivity index (χ1v) is 10.2. The third kappa shape index (κ3) is 4.17. The molecule has 5 rings (SSSR count). The van der Waals surface area contributed by atoms with Crippen molar-refractivity contribution >= 4 is 11.6 Å². The van der Waals surface area contributed by atoms with Gasteiger partial charge in [-0.2, -0.15) is 10.2 Å². The molecule has 156 valence electrons. The van der Waals surface area contributed by atoms with Crippen molar-refractivity contribution in [1.82, 2.24) is 24.5 Å². The van der Waals surface area contributed by atoms with E-state index < -0.39 is 0 Å². The third-order valence-electron chi connectivity index (χ3n) is 5.05. The molecule has 0 aliphatic rings. The number of benzene rings is 3. The van der Waals surface area contributed by atoms with Crippen molar-refractivity contribution in [3.05, 3.63) is 115 Å². The van der Waals surface area contributed by atoms with Gasteiger partial charge in [0.05, 0.1) is 17.8 Å². The number of anilines is 1. The van der Waals surface area contributed by atoms with Gasteiger partial charge >= 0.3 is 0 Å². The first kappa shape index (κ1) is 19.4. The Hall–Kier alpha value is -4.52. The molecule has 0 fully saturated rings. The number of hydrogen-bond donors (Lipinski definition) is 1. The number of carbonyl (C=O) groups excluding carboxylic acids is 1. The number of amides is 1. The topological polar surface area (TPSA) is 77.6 Å². The van der Waals surface area contributed by atoms with E-state index in [1.54, 1.807) is 21.9 Å². The molecule has 2 heterocycles. The molecule has 0 bridgehead atoms. The van der Waals surface area contributed by atoms with Crippen LogP contribution in [-0.2, 0) is 6.54 Å². The lowest BCUT2D eigenvalue weighted by molar-refractivity contribution is 0.102. The number of aromatic nitrogens is 5. The average molecular weight is 420 g/mol. The summed E-state index contributed by atoms with van der Waals surface area (Å²) >= 11 is 0. The molecule has 1 amide bonds. The molecule has 0 unspecified atom stereocenters. The van der Waals surface area contributed by atoms with Crippen LogP contribution in [0.25, 0.3) is 16.9 Å². The monoisotopic (exact) mass is 420 g/mol. The van der Waals surface area contributed by atoms with E-state index in [1.807, 2.05) is 84.9 Å². The summed E-state index contributed by atoms with van der Waals surface area (Å²) in [5.41, 5.74) is 4.73. The highest BCUT2D eigenvalue weighted by atomic mass is 16.1. The summed E-state index contributed by atoms with van der Waals surface area (Å²) in [6.07, 6.45) is 4.91. The van der Waals surface area contributed by atoms with Crippen LogP contribution in [0.1, 0.15) is 15.9 Å². The lowest BCUT2D eigenvalue weighted by Gasteiger charge is -2.07. The molecule has 1 N–H and O–H groups in total. The summed E-state index contributed by atoms with van der Waals surface area (Å²) in [7, 11) is 0. The maximum absolute atomic E-state index is 13.2. The molecule has 0 aliphatic carbocycles. The lowest BCUT2D eigenvalue weighted by Crippen LogP contribution is -2.12. The minimum atomic E-state index is -0.211. The molecule has 2 aromatic heterocycles. The first-order chi connectivity index (χ1) is 15.8. The van der Waals surface area contributed by atoms with Gasteiger partial charge < -0.3 is 5.32 Å². The summed E-state index contributed by atoms with van der Waals surface area (Å²) in [5.74, 6) is -0.211. The Balaban J connectivity index is 1.42. The fourth-order valence-electron chi connectivity index (χ4n) is 3.49. The summed E-state index contributed by atoms with van der Waals surface area (Å²) in [5, 5.41) is 11.8. The average Bonchev–Trinajstić information content (AvgIpc) is 3.52. The van der Waals surface area contributed by atoms with E-state index in [9.17, 15) is 4.79 Å². The van der Waals surface area contributed by atoms with Crippen molar-refractivity contribution in [1.29, 1.82) is 0 Å². The predicted molar refractivity (Wildman–Crippen MR) is 123 cm³/mol. The van der Waals surface area contributed by atoms with E-state index in [0.717, 1.165) is 16.8 Å². The van der Waals surface area contributed by atoms with Gasteiger partial charge in [-0.15, -0.1) is 0 Å². The Kier molecular flexibility index (Phi) is 5.28. The minimum Gasteiger partial charge on any atom is -0.322 e. The first-order valence-electron chi connectivity index (χ1n) is 10.2. The zero-order valence-corrected chi connectivity index (χ0v) is 17.2. The molecule has 0 aliphatic heterocycles. The highest BCUT2D eigenvalue weighted by Gasteiger charge is 2.18. The van der Waals surface area contributed by atoms with E-state index >= 15 is 0 Å². The highest BCUT2D eigenvalue weighted by molar-refractivity contribution is 6.08. The van der Waals surface area contributed by atoms with Gasteiger partial charge in [0.15, 0.2) is 0 Å². The quantitative estimate of drug-likeness (QED) is 0.441. The largest absolute Gasteiger partial charge is 0.322 e.